The van der Waals surface area contributed by atoms with Crippen LogP contribution in [0.15, 0.2) is 0 Å². The first kappa shape index (κ1) is 20.2. The first-order valence-electron chi connectivity index (χ1n) is 8.97. The Morgan fingerprint density at radius 3 is 2.39 bits per heavy atom. The van der Waals surface area contributed by atoms with Crippen molar-refractivity contribution in [3.8, 4) is 0 Å². The Bertz CT molecular complexity index is 367. The summed E-state index contributed by atoms with van der Waals surface area (Å²) in [5.74, 6) is 1.25. The molecule has 2 fully saturated rings. The number of hydrogen-bond acceptors (Lipinski definition) is 3. The Morgan fingerprint density at radius 1 is 1.09 bits per heavy atom. The minimum absolute atomic E-state index is 0. The summed E-state index contributed by atoms with van der Waals surface area (Å²) in [6, 6.07) is 0. The fourth-order valence-corrected chi connectivity index (χ4v) is 2.94. The average molecular weight is 346 g/mol. The highest BCUT2D eigenvalue weighted by molar-refractivity contribution is 5.85. The van der Waals surface area contributed by atoms with Crippen LogP contribution in [0, 0.1) is 11.8 Å². The van der Waals surface area contributed by atoms with Gasteiger partial charge in [-0.25, -0.2) is 0 Å². The number of amides is 2. The van der Waals surface area contributed by atoms with Gasteiger partial charge in [-0.05, 0) is 44.6 Å². The zero-order valence-corrected chi connectivity index (χ0v) is 15.1. The fraction of sp³-hybridized carbons (Fsp3) is 0.882. The molecule has 5 nitrogen and oxygen atoms in total. The standard InChI is InChI=1S/C17H31N3O2.ClH/c1-2-3-4-9-19-17(22)15-7-10-20(11-8-15)16(21)13-18-12-14-5-6-14;/h14-15,18H,2-13H2,1H3,(H,19,22);1H. The molecule has 0 aromatic carbocycles. The molecule has 2 N–H and O–H groups in total. The number of carbonyl (C=O) groups excluding carboxylic acids is 2. The largest absolute Gasteiger partial charge is 0.356 e. The Labute approximate surface area is 146 Å². The molecule has 2 amide bonds. The van der Waals surface area contributed by atoms with Crippen molar-refractivity contribution in [3.63, 3.8) is 0 Å². The van der Waals surface area contributed by atoms with Gasteiger partial charge in [0.25, 0.3) is 0 Å². The van der Waals surface area contributed by atoms with E-state index in [-0.39, 0.29) is 30.1 Å². The Balaban J connectivity index is 0.00000264. The molecular formula is C17H32ClN3O2. The minimum Gasteiger partial charge on any atom is -0.356 e. The third kappa shape index (κ3) is 7.53. The molecule has 1 aliphatic carbocycles. The van der Waals surface area contributed by atoms with Crippen LogP contribution in [-0.2, 0) is 9.59 Å². The maximum absolute atomic E-state index is 12.1. The van der Waals surface area contributed by atoms with Crippen LogP contribution in [0.4, 0.5) is 0 Å². The summed E-state index contributed by atoms with van der Waals surface area (Å²) in [7, 11) is 0. The summed E-state index contributed by atoms with van der Waals surface area (Å²) in [6.45, 7) is 5.81. The lowest BCUT2D eigenvalue weighted by atomic mass is 9.96. The zero-order valence-electron chi connectivity index (χ0n) is 14.3. The molecule has 1 heterocycles. The van der Waals surface area contributed by atoms with Gasteiger partial charge in [-0.2, -0.15) is 0 Å². The van der Waals surface area contributed by atoms with Crippen LogP contribution >= 0.6 is 12.4 Å². The molecular weight excluding hydrogens is 314 g/mol. The maximum atomic E-state index is 12.1. The van der Waals surface area contributed by atoms with Crippen molar-refractivity contribution in [1.82, 2.24) is 15.5 Å². The second kappa shape index (κ2) is 10.9. The SMILES string of the molecule is CCCCCNC(=O)C1CCN(C(=O)CNCC2CC2)CC1.Cl. The molecule has 0 aromatic rings. The molecule has 1 saturated carbocycles. The predicted octanol–water partition coefficient (Wildman–Crippen LogP) is 1.95. The van der Waals surface area contributed by atoms with Crippen molar-refractivity contribution in [1.29, 1.82) is 0 Å². The van der Waals surface area contributed by atoms with E-state index >= 15 is 0 Å². The van der Waals surface area contributed by atoms with E-state index in [1.807, 2.05) is 4.90 Å². The predicted molar refractivity (Wildman–Crippen MR) is 94.7 cm³/mol. The Kier molecular flexibility index (Phi) is 9.56. The molecule has 0 radical (unpaired) electrons. The monoisotopic (exact) mass is 345 g/mol. The number of rotatable bonds is 9. The summed E-state index contributed by atoms with van der Waals surface area (Å²) < 4.78 is 0. The summed E-state index contributed by atoms with van der Waals surface area (Å²) in [6.07, 6.45) is 7.61. The van der Waals surface area contributed by atoms with Gasteiger partial charge in [0.2, 0.25) is 11.8 Å². The highest BCUT2D eigenvalue weighted by atomic mass is 35.5. The number of piperidine rings is 1. The fourth-order valence-electron chi connectivity index (χ4n) is 2.94. The molecule has 0 bridgehead atoms. The van der Waals surface area contributed by atoms with E-state index in [1.54, 1.807) is 0 Å². The van der Waals surface area contributed by atoms with Crippen molar-refractivity contribution in [2.75, 3.05) is 32.7 Å². The van der Waals surface area contributed by atoms with E-state index in [1.165, 1.54) is 25.7 Å². The van der Waals surface area contributed by atoms with Gasteiger partial charge in [0.05, 0.1) is 6.54 Å². The van der Waals surface area contributed by atoms with Gasteiger partial charge in [-0.1, -0.05) is 19.8 Å². The van der Waals surface area contributed by atoms with Gasteiger partial charge in [0.15, 0.2) is 0 Å². The van der Waals surface area contributed by atoms with Gasteiger partial charge in [-0.3, -0.25) is 9.59 Å². The number of carbonyl (C=O) groups is 2. The lowest BCUT2D eigenvalue weighted by Crippen LogP contribution is -2.46. The van der Waals surface area contributed by atoms with E-state index in [0.717, 1.165) is 51.4 Å². The second-order valence-corrected chi connectivity index (χ2v) is 6.73. The quantitative estimate of drug-likeness (QED) is 0.628. The lowest BCUT2D eigenvalue weighted by Gasteiger charge is -2.31. The molecule has 1 aliphatic heterocycles. The number of nitrogens with zero attached hydrogens (tertiary/aromatic N) is 1. The molecule has 6 heteroatoms. The number of likely N-dealkylation sites (tertiary alicyclic amines) is 1. The van der Waals surface area contributed by atoms with Crippen molar-refractivity contribution in [2.24, 2.45) is 11.8 Å². The van der Waals surface area contributed by atoms with Gasteiger partial charge in [0.1, 0.15) is 0 Å². The van der Waals surface area contributed by atoms with Gasteiger partial charge >= 0.3 is 0 Å². The Morgan fingerprint density at radius 2 is 1.78 bits per heavy atom. The summed E-state index contributed by atoms with van der Waals surface area (Å²) in [5, 5.41) is 6.28. The van der Waals surface area contributed by atoms with E-state index in [0.29, 0.717) is 6.54 Å². The summed E-state index contributed by atoms with van der Waals surface area (Å²) >= 11 is 0. The number of unbranched alkanes of at least 4 members (excludes halogenated alkanes) is 2. The zero-order chi connectivity index (χ0) is 15.8. The van der Waals surface area contributed by atoms with Crippen LogP contribution in [0.2, 0.25) is 0 Å². The topological polar surface area (TPSA) is 61.4 Å². The molecule has 0 spiro atoms. The third-order valence-corrected chi connectivity index (χ3v) is 4.70. The van der Waals surface area contributed by atoms with Crippen LogP contribution in [0.3, 0.4) is 0 Å². The molecule has 2 rings (SSSR count). The van der Waals surface area contributed by atoms with Crippen LogP contribution < -0.4 is 10.6 Å². The van der Waals surface area contributed by atoms with Crippen molar-refractivity contribution in [2.45, 2.75) is 51.9 Å². The first-order valence-corrected chi connectivity index (χ1v) is 8.97. The van der Waals surface area contributed by atoms with E-state index in [4.69, 9.17) is 0 Å². The van der Waals surface area contributed by atoms with Gasteiger partial charge < -0.3 is 15.5 Å². The maximum Gasteiger partial charge on any atom is 0.236 e. The summed E-state index contributed by atoms with van der Waals surface area (Å²) in [4.78, 5) is 26.1. The molecule has 0 unspecified atom stereocenters. The molecule has 23 heavy (non-hydrogen) atoms. The number of nitrogens with one attached hydrogen (secondary N) is 2. The van der Waals surface area contributed by atoms with E-state index in [2.05, 4.69) is 17.6 Å². The highest BCUT2D eigenvalue weighted by Gasteiger charge is 2.27. The molecule has 0 atom stereocenters. The smallest absolute Gasteiger partial charge is 0.236 e. The normalized spacial score (nSPS) is 18.4. The molecule has 2 aliphatic rings. The highest BCUT2D eigenvalue weighted by Crippen LogP contribution is 2.27. The lowest BCUT2D eigenvalue weighted by molar-refractivity contribution is -0.134. The average Bonchev–Trinajstić information content (AvgIpc) is 3.35. The van der Waals surface area contributed by atoms with E-state index < -0.39 is 0 Å². The number of hydrogen-bond donors (Lipinski definition) is 2. The van der Waals surface area contributed by atoms with Crippen molar-refractivity contribution in [3.05, 3.63) is 0 Å². The van der Waals surface area contributed by atoms with Gasteiger partial charge in [-0.15, -0.1) is 12.4 Å². The van der Waals surface area contributed by atoms with Gasteiger partial charge in [0, 0.05) is 25.6 Å². The Hall–Kier alpha value is -0.810. The van der Waals surface area contributed by atoms with Crippen LogP contribution in [0.25, 0.3) is 0 Å². The molecule has 0 aromatic heterocycles. The summed E-state index contributed by atoms with van der Waals surface area (Å²) in [5.41, 5.74) is 0. The van der Waals surface area contributed by atoms with Crippen molar-refractivity contribution < 1.29 is 9.59 Å². The first-order chi connectivity index (χ1) is 10.7. The molecule has 134 valence electrons. The molecule has 1 saturated heterocycles. The van der Waals surface area contributed by atoms with Crippen LogP contribution in [-0.4, -0.2) is 49.4 Å². The number of halogens is 1. The van der Waals surface area contributed by atoms with E-state index in [9.17, 15) is 9.59 Å². The van der Waals surface area contributed by atoms with Crippen LogP contribution in [0.5, 0.6) is 0 Å². The second-order valence-electron chi connectivity index (χ2n) is 6.73. The van der Waals surface area contributed by atoms with Crippen LogP contribution in [0.1, 0.15) is 51.9 Å². The van der Waals surface area contributed by atoms with Crippen molar-refractivity contribution >= 4 is 24.2 Å². The third-order valence-electron chi connectivity index (χ3n) is 4.70. The minimum atomic E-state index is 0.